The Labute approximate surface area is 91.5 Å². The molecule has 0 spiro atoms. The van der Waals surface area contributed by atoms with Gasteiger partial charge in [0.2, 0.25) is 0 Å². The molecule has 0 heterocycles. The maximum atomic E-state index is 11.9. The van der Waals surface area contributed by atoms with Crippen molar-refractivity contribution in [2.75, 3.05) is 6.61 Å². The van der Waals surface area contributed by atoms with Gasteiger partial charge in [0.1, 0.15) is 5.75 Å². The highest BCUT2D eigenvalue weighted by molar-refractivity contribution is 5.57. The van der Waals surface area contributed by atoms with Gasteiger partial charge in [-0.2, -0.15) is 13.2 Å². The monoisotopic (exact) mass is 228 g/mol. The summed E-state index contributed by atoms with van der Waals surface area (Å²) in [6, 6.07) is 5.04. The van der Waals surface area contributed by atoms with Gasteiger partial charge in [0, 0.05) is 0 Å². The third kappa shape index (κ3) is 2.78. The van der Waals surface area contributed by atoms with E-state index < -0.39 is 12.8 Å². The quantitative estimate of drug-likeness (QED) is 0.751. The van der Waals surface area contributed by atoms with Crippen LogP contribution in [0.2, 0.25) is 0 Å². The Bertz CT molecular complexity index is 407. The van der Waals surface area contributed by atoms with E-state index in [1.54, 1.807) is 18.2 Å². The highest BCUT2D eigenvalue weighted by Gasteiger charge is 2.28. The minimum atomic E-state index is -4.28. The Morgan fingerprint density at radius 1 is 1.25 bits per heavy atom. The van der Waals surface area contributed by atoms with Gasteiger partial charge < -0.3 is 4.74 Å². The zero-order chi connectivity index (χ0) is 11.6. The number of allylic oxidation sites excluding steroid dienone is 1. The predicted octanol–water partition coefficient (Wildman–Crippen LogP) is 3.59. The molecule has 0 N–H and O–H groups in total. The number of rotatable bonds is 2. The number of halogens is 3. The van der Waals surface area contributed by atoms with E-state index in [1.165, 1.54) is 0 Å². The molecule has 0 radical (unpaired) electrons. The molecule has 1 aliphatic rings. The van der Waals surface area contributed by atoms with Gasteiger partial charge in [-0.3, -0.25) is 0 Å². The molecular weight excluding hydrogens is 217 g/mol. The lowest BCUT2D eigenvalue weighted by molar-refractivity contribution is -0.153. The fourth-order valence-corrected chi connectivity index (χ4v) is 1.67. The molecular formula is C12H11F3O. The average Bonchev–Trinajstić information content (AvgIpc) is 2.25. The second-order valence-electron chi connectivity index (χ2n) is 3.71. The Hall–Kier alpha value is -1.45. The molecule has 0 amide bonds. The maximum Gasteiger partial charge on any atom is 0.422 e. The van der Waals surface area contributed by atoms with Crippen molar-refractivity contribution >= 4 is 6.08 Å². The molecule has 86 valence electrons. The van der Waals surface area contributed by atoms with E-state index in [-0.39, 0.29) is 5.75 Å². The van der Waals surface area contributed by atoms with Gasteiger partial charge in [-0.1, -0.05) is 18.2 Å². The Balaban J connectivity index is 2.09. The van der Waals surface area contributed by atoms with Gasteiger partial charge in [0.05, 0.1) is 0 Å². The fourth-order valence-electron chi connectivity index (χ4n) is 1.67. The summed E-state index contributed by atoms with van der Waals surface area (Å²) < 4.78 is 40.5. The summed E-state index contributed by atoms with van der Waals surface area (Å²) in [7, 11) is 0. The minimum Gasteiger partial charge on any atom is -0.484 e. The number of alkyl halides is 3. The largest absolute Gasteiger partial charge is 0.484 e. The van der Waals surface area contributed by atoms with Crippen LogP contribution in [-0.4, -0.2) is 12.8 Å². The summed E-state index contributed by atoms with van der Waals surface area (Å²) in [5.41, 5.74) is 2.10. The Morgan fingerprint density at radius 2 is 2.06 bits per heavy atom. The first-order valence-corrected chi connectivity index (χ1v) is 5.04. The number of aryl methyl sites for hydroxylation is 1. The van der Waals surface area contributed by atoms with Crippen LogP contribution < -0.4 is 4.74 Å². The summed E-state index contributed by atoms with van der Waals surface area (Å²) in [4.78, 5) is 0. The molecule has 0 saturated carbocycles. The smallest absolute Gasteiger partial charge is 0.422 e. The summed E-state index contributed by atoms with van der Waals surface area (Å²) in [5, 5.41) is 0. The molecule has 0 saturated heterocycles. The van der Waals surface area contributed by atoms with Crippen molar-refractivity contribution in [2.45, 2.75) is 19.0 Å². The molecule has 0 aromatic heterocycles. The summed E-state index contributed by atoms with van der Waals surface area (Å²) >= 11 is 0. The predicted molar refractivity (Wildman–Crippen MR) is 55.3 cm³/mol. The molecule has 1 aromatic carbocycles. The molecule has 2 rings (SSSR count). The SMILES string of the molecule is FC(F)(F)COc1ccc2c(c1)CCC=C2. The average molecular weight is 228 g/mol. The standard InChI is InChI=1S/C12H11F3O/c13-12(14,15)8-16-11-6-5-9-3-1-2-4-10(9)7-11/h1,3,5-7H,2,4,8H2. The van der Waals surface area contributed by atoms with Crippen LogP contribution in [0.15, 0.2) is 24.3 Å². The van der Waals surface area contributed by atoms with Gasteiger partial charge in [-0.15, -0.1) is 0 Å². The normalized spacial score (nSPS) is 14.7. The first-order chi connectivity index (χ1) is 7.54. The number of hydrogen-bond donors (Lipinski definition) is 0. The molecule has 0 fully saturated rings. The van der Waals surface area contributed by atoms with Crippen LogP contribution in [0.5, 0.6) is 5.75 Å². The highest BCUT2D eigenvalue weighted by Crippen LogP contribution is 2.25. The topological polar surface area (TPSA) is 9.23 Å². The minimum absolute atomic E-state index is 0.284. The second-order valence-corrected chi connectivity index (χ2v) is 3.71. The molecule has 0 aliphatic heterocycles. The highest BCUT2D eigenvalue weighted by atomic mass is 19.4. The van der Waals surface area contributed by atoms with E-state index >= 15 is 0 Å². The number of hydrogen-bond acceptors (Lipinski definition) is 1. The lowest BCUT2D eigenvalue weighted by Gasteiger charge is -2.13. The molecule has 16 heavy (non-hydrogen) atoms. The van der Waals surface area contributed by atoms with Crippen molar-refractivity contribution in [2.24, 2.45) is 0 Å². The van der Waals surface area contributed by atoms with Crippen LogP contribution in [0.25, 0.3) is 6.08 Å². The third-order valence-corrected chi connectivity index (χ3v) is 2.39. The van der Waals surface area contributed by atoms with Crippen molar-refractivity contribution in [3.63, 3.8) is 0 Å². The van der Waals surface area contributed by atoms with Gasteiger partial charge in [0.25, 0.3) is 0 Å². The van der Waals surface area contributed by atoms with Crippen molar-refractivity contribution in [1.29, 1.82) is 0 Å². The van der Waals surface area contributed by atoms with Crippen molar-refractivity contribution in [1.82, 2.24) is 0 Å². The summed E-state index contributed by atoms with van der Waals surface area (Å²) in [5.74, 6) is 0.284. The number of ether oxygens (including phenoxy) is 1. The van der Waals surface area contributed by atoms with Crippen LogP contribution in [0, 0.1) is 0 Å². The molecule has 1 nitrogen and oxygen atoms in total. The van der Waals surface area contributed by atoms with Crippen LogP contribution in [0.1, 0.15) is 17.5 Å². The second kappa shape index (κ2) is 4.20. The van der Waals surface area contributed by atoms with Crippen molar-refractivity contribution < 1.29 is 17.9 Å². The molecule has 4 heteroatoms. The summed E-state index contributed by atoms with van der Waals surface area (Å²) in [6.07, 6.45) is 1.53. The van der Waals surface area contributed by atoms with E-state index in [0.29, 0.717) is 0 Å². The first kappa shape index (κ1) is 11.0. The number of benzene rings is 1. The molecule has 1 aliphatic carbocycles. The Morgan fingerprint density at radius 3 is 2.81 bits per heavy atom. The molecule has 0 atom stereocenters. The van der Waals surface area contributed by atoms with Crippen molar-refractivity contribution in [3.05, 3.63) is 35.4 Å². The maximum absolute atomic E-state index is 11.9. The third-order valence-electron chi connectivity index (χ3n) is 2.39. The molecule has 0 unspecified atom stereocenters. The van der Waals surface area contributed by atoms with Gasteiger partial charge in [-0.25, -0.2) is 0 Å². The molecule has 1 aromatic rings. The lowest BCUT2D eigenvalue weighted by Crippen LogP contribution is -2.19. The number of fused-ring (bicyclic) bond motifs is 1. The zero-order valence-corrected chi connectivity index (χ0v) is 8.55. The fraction of sp³-hybridized carbons (Fsp3) is 0.333. The van der Waals surface area contributed by atoms with E-state index in [2.05, 4.69) is 10.8 Å². The van der Waals surface area contributed by atoms with E-state index in [4.69, 9.17) is 0 Å². The van der Waals surface area contributed by atoms with Crippen molar-refractivity contribution in [3.8, 4) is 5.75 Å². The van der Waals surface area contributed by atoms with Crippen LogP contribution in [0.3, 0.4) is 0 Å². The zero-order valence-electron chi connectivity index (χ0n) is 8.55. The first-order valence-electron chi connectivity index (χ1n) is 5.04. The van der Waals surface area contributed by atoms with Gasteiger partial charge in [-0.05, 0) is 36.1 Å². The van der Waals surface area contributed by atoms with Crippen LogP contribution in [-0.2, 0) is 6.42 Å². The van der Waals surface area contributed by atoms with Gasteiger partial charge in [0.15, 0.2) is 6.61 Å². The van der Waals surface area contributed by atoms with E-state index in [0.717, 1.165) is 24.0 Å². The van der Waals surface area contributed by atoms with Crippen LogP contribution >= 0.6 is 0 Å². The molecule has 0 bridgehead atoms. The van der Waals surface area contributed by atoms with E-state index in [1.807, 2.05) is 6.08 Å². The Kier molecular flexibility index (Phi) is 2.90. The van der Waals surface area contributed by atoms with Crippen LogP contribution in [0.4, 0.5) is 13.2 Å². The van der Waals surface area contributed by atoms with E-state index in [9.17, 15) is 13.2 Å². The lowest BCUT2D eigenvalue weighted by atomic mass is 9.97. The summed E-state index contributed by atoms with van der Waals surface area (Å²) in [6.45, 7) is -1.23. The van der Waals surface area contributed by atoms with Gasteiger partial charge >= 0.3 is 6.18 Å².